The number of nitrogens with zero attached hydrogens (tertiary/aromatic N) is 1. The van der Waals surface area contributed by atoms with Gasteiger partial charge in [-0.05, 0) is 18.6 Å². The molecule has 0 aliphatic carbocycles. The number of alkyl halides is 3. The van der Waals surface area contributed by atoms with Gasteiger partial charge in [0, 0.05) is 6.20 Å². The number of pyridine rings is 1. The van der Waals surface area contributed by atoms with Crippen LogP contribution in [0.1, 0.15) is 25.3 Å². The quantitative estimate of drug-likeness (QED) is 0.378. The van der Waals surface area contributed by atoms with E-state index in [1.807, 2.05) is 12.3 Å². The van der Waals surface area contributed by atoms with Crippen molar-refractivity contribution in [3.63, 3.8) is 0 Å². The lowest BCUT2D eigenvalue weighted by molar-refractivity contribution is -0.137. The summed E-state index contributed by atoms with van der Waals surface area (Å²) in [6.45, 7) is 1.90. The molecule has 3 N–H and O–H groups in total. The lowest BCUT2D eigenvalue weighted by Crippen LogP contribution is -2.37. The van der Waals surface area contributed by atoms with Crippen molar-refractivity contribution < 1.29 is 18.0 Å². The van der Waals surface area contributed by atoms with E-state index in [4.69, 9.17) is 5.84 Å². The van der Waals surface area contributed by atoms with Gasteiger partial charge in [0.2, 0.25) is 5.91 Å². The second-order valence-corrected chi connectivity index (χ2v) is 5.01. The number of nitrogens with two attached hydrogens (primary N) is 1. The van der Waals surface area contributed by atoms with Crippen LogP contribution in [0.2, 0.25) is 0 Å². The van der Waals surface area contributed by atoms with Crippen molar-refractivity contribution in [1.29, 1.82) is 0 Å². The Balaban J connectivity index is 2.78. The van der Waals surface area contributed by atoms with Gasteiger partial charge in [0.05, 0.1) is 15.8 Å². The Labute approximate surface area is 112 Å². The first-order valence-electron chi connectivity index (χ1n) is 5.58. The molecule has 1 amide bonds. The van der Waals surface area contributed by atoms with Crippen molar-refractivity contribution in [3.05, 3.63) is 23.9 Å². The van der Waals surface area contributed by atoms with Crippen molar-refractivity contribution in [2.45, 2.75) is 36.2 Å². The molecular weight excluding hydrogens is 279 g/mol. The number of carbonyl (C=O) groups excluding carboxylic acids is 1. The molecule has 1 rings (SSSR count). The Hall–Kier alpha value is -1.28. The molecule has 1 heterocycles. The Bertz CT molecular complexity index is 422. The van der Waals surface area contributed by atoms with Crippen molar-refractivity contribution in [2.75, 3.05) is 0 Å². The summed E-state index contributed by atoms with van der Waals surface area (Å²) in [4.78, 5) is 15.2. The van der Waals surface area contributed by atoms with Crippen LogP contribution in [0.4, 0.5) is 13.2 Å². The summed E-state index contributed by atoms with van der Waals surface area (Å²) >= 11 is 1.09. The Morgan fingerprint density at radius 2 is 2.21 bits per heavy atom. The number of amides is 1. The van der Waals surface area contributed by atoms with Crippen LogP contribution in [0.25, 0.3) is 0 Å². The van der Waals surface area contributed by atoms with Crippen LogP contribution in [0.15, 0.2) is 23.4 Å². The van der Waals surface area contributed by atoms with Crippen LogP contribution in [0.3, 0.4) is 0 Å². The highest BCUT2D eigenvalue weighted by molar-refractivity contribution is 8.00. The number of carbonyl (C=O) groups is 1. The van der Waals surface area contributed by atoms with Gasteiger partial charge in [-0.25, -0.2) is 10.8 Å². The zero-order valence-electron chi connectivity index (χ0n) is 10.2. The predicted octanol–water partition coefficient (Wildman–Crippen LogP) is 2.35. The highest BCUT2D eigenvalue weighted by Crippen LogP contribution is 2.31. The topological polar surface area (TPSA) is 68.0 Å². The van der Waals surface area contributed by atoms with Crippen LogP contribution in [-0.4, -0.2) is 16.1 Å². The molecule has 8 heteroatoms. The van der Waals surface area contributed by atoms with Crippen molar-refractivity contribution in [1.82, 2.24) is 10.4 Å². The second kappa shape index (κ2) is 6.76. The van der Waals surface area contributed by atoms with Gasteiger partial charge < -0.3 is 0 Å². The number of hydrogen-bond acceptors (Lipinski definition) is 4. The summed E-state index contributed by atoms with van der Waals surface area (Å²) in [5.74, 6) is 4.69. The van der Waals surface area contributed by atoms with E-state index in [1.165, 1.54) is 6.07 Å². The molecule has 1 unspecified atom stereocenters. The van der Waals surface area contributed by atoms with E-state index in [1.54, 1.807) is 0 Å². The first kappa shape index (κ1) is 15.8. The average Bonchev–Trinajstić information content (AvgIpc) is 2.37. The number of hydrazine groups is 1. The number of rotatable bonds is 5. The normalized spacial score (nSPS) is 13.1. The van der Waals surface area contributed by atoms with Crippen molar-refractivity contribution >= 4 is 17.7 Å². The number of halogens is 3. The summed E-state index contributed by atoms with van der Waals surface area (Å²) in [7, 11) is 0. The van der Waals surface area contributed by atoms with E-state index in [0.29, 0.717) is 11.4 Å². The maximum Gasteiger partial charge on any atom is 0.417 e. The standard InChI is InChI=1S/C11H14F3N3OS/c1-2-3-8(10(18)17-15)19-9-5-4-7(6-16-9)11(12,13)14/h4-6,8H,2-3,15H2,1H3,(H,17,18). The summed E-state index contributed by atoms with van der Waals surface area (Å²) in [5, 5.41) is -0.103. The first-order chi connectivity index (χ1) is 8.88. The van der Waals surface area contributed by atoms with Crippen molar-refractivity contribution in [2.24, 2.45) is 5.84 Å². The van der Waals surface area contributed by atoms with E-state index in [0.717, 1.165) is 30.4 Å². The Morgan fingerprint density at radius 1 is 1.53 bits per heavy atom. The summed E-state index contributed by atoms with van der Waals surface area (Å²) in [6, 6.07) is 2.19. The van der Waals surface area contributed by atoms with Gasteiger partial charge in [-0.1, -0.05) is 25.1 Å². The molecule has 1 atom stereocenters. The molecule has 0 radical (unpaired) electrons. The van der Waals surface area contributed by atoms with Gasteiger partial charge in [0.15, 0.2) is 0 Å². The van der Waals surface area contributed by atoms with E-state index in [2.05, 4.69) is 4.98 Å². The van der Waals surface area contributed by atoms with E-state index < -0.39 is 17.0 Å². The van der Waals surface area contributed by atoms with Crippen molar-refractivity contribution in [3.8, 4) is 0 Å². The molecule has 0 aliphatic heterocycles. The third-order valence-corrected chi connectivity index (χ3v) is 3.53. The molecule has 0 spiro atoms. The Kier molecular flexibility index (Phi) is 5.61. The third-order valence-electron chi connectivity index (χ3n) is 2.31. The highest BCUT2D eigenvalue weighted by Gasteiger charge is 2.30. The largest absolute Gasteiger partial charge is 0.417 e. The predicted molar refractivity (Wildman–Crippen MR) is 66.1 cm³/mol. The molecule has 0 aliphatic rings. The maximum absolute atomic E-state index is 12.4. The molecule has 4 nitrogen and oxygen atoms in total. The summed E-state index contributed by atoms with van der Waals surface area (Å²) in [5.41, 5.74) is 1.23. The zero-order chi connectivity index (χ0) is 14.5. The van der Waals surface area contributed by atoms with Crippen LogP contribution >= 0.6 is 11.8 Å². The minimum Gasteiger partial charge on any atom is -0.293 e. The zero-order valence-corrected chi connectivity index (χ0v) is 11.0. The number of hydrogen-bond donors (Lipinski definition) is 2. The van der Waals surface area contributed by atoms with E-state index in [9.17, 15) is 18.0 Å². The SMILES string of the molecule is CCCC(Sc1ccc(C(F)(F)F)cn1)C(=O)NN. The smallest absolute Gasteiger partial charge is 0.293 e. The molecule has 19 heavy (non-hydrogen) atoms. The lowest BCUT2D eigenvalue weighted by atomic mass is 10.2. The third kappa shape index (κ3) is 4.71. The van der Waals surface area contributed by atoms with Crippen LogP contribution in [0, 0.1) is 0 Å². The minimum absolute atomic E-state index is 0.357. The maximum atomic E-state index is 12.4. The number of thioether (sulfide) groups is 1. The Morgan fingerprint density at radius 3 is 2.63 bits per heavy atom. The first-order valence-corrected chi connectivity index (χ1v) is 6.46. The number of nitrogens with one attached hydrogen (secondary N) is 1. The van der Waals surface area contributed by atoms with Gasteiger partial charge in [-0.15, -0.1) is 0 Å². The highest BCUT2D eigenvalue weighted by atomic mass is 32.2. The van der Waals surface area contributed by atoms with Gasteiger partial charge >= 0.3 is 6.18 Å². The fourth-order valence-corrected chi connectivity index (χ4v) is 2.44. The lowest BCUT2D eigenvalue weighted by Gasteiger charge is -2.13. The monoisotopic (exact) mass is 293 g/mol. The van der Waals surface area contributed by atoms with E-state index in [-0.39, 0.29) is 5.91 Å². The van der Waals surface area contributed by atoms with Gasteiger partial charge in [0.1, 0.15) is 0 Å². The molecule has 0 saturated carbocycles. The van der Waals surface area contributed by atoms with Crippen LogP contribution < -0.4 is 11.3 Å². The molecule has 0 aromatic carbocycles. The summed E-state index contributed by atoms with van der Waals surface area (Å²) in [6.07, 6.45) is -2.33. The van der Waals surface area contributed by atoms with Gasteiger partial charge in [-0.3, -0.25) is 10.2 Å². The molecule has 0 fully saturated rings. The van der Waals surface area contributed by atoms with Crippen LogP contribution in [-0.2, 0) is 11.0 Å². The van der Waals surface area contributed by atoms with E-state index >= 15 is 0 Å². The second-order valence-electron chi connectivity index (χ2n) is 3.79. The van der Waals surface area contributed by atoms with Crippen LogP contribution in [0.5, 0.6) is 0 Å². The molecular formula is C11H14F3N3OS. The fourth-order valence-electron chi connectivity index (χ4n) is 1.36. The molecule has 1 aromatic rings. The average molecular weight is 293 g/mol. The number of aromatic nitrogens is 1. The molecule has 0 saturated heterocycles. The minimum atomic E-state index is -4.41. The molecule has 106 valence electrons. The molecule has 0 bridgehead atoms. The van der Waals surface area contributed by atoms with Gasteiger partial charge in [-0.2, -0.15) is 13.2 Å². The van der Waals surface area contributed by atoms with Gasteiger partial charge in [0.25, 0.3) is 0 Å². The summed E-state index contributed by atoms with van der Waals surface area (Å²) < 4.78 is 37.1. The molecule has 1 aromatic heterocycles. The fraction of sp³-hybridized carbons (Fsp3) is 0.455.